The summed E-state index contributed by atoms with van der Waals surface area (Å²) < 4.78 is 0. The quantitative estimate of drug-likeness (QED) is 0.498. The van der Waals surface area contributed by atoms with Crippen LogP contribution in [0.15, 0.2) is 24.7 Å². The summed E-state index contributed by atoms with van der Waals surface area (Å²) >= 11 is 5.61. The summed E-state index contributed by atoms with van der Waals surface area (Å²) in [6.07, 6.45) is 3.87. The molecule has 0 saturated heterocycles. The van der Waals surface area contributed by atoms with Crippen LogP contribution in [0.5, 0.6) is 0 Å². The van der Waals surface area contributed by atoms with Gasteiger partial charge in [-0.3, -0.25) is 20.2 Å². The molecule has 0 bridgehead atoms. The number of nitrogens with zero attached hydrogens (tertiary/aromatic N) is 3. The SMILES string of the molecule is O=C(Nc1ncc[nH]1)c1cc(Cl)ncc1[N+](=O)[O-]. The molecule has 0 fully saturated rings. The number of rotatable bonds is 3. The molecule has 18 heavy (non-hydrogen) atoms. The van der Waals surface area contributed by atoms with Crippen LogP contribution in [-0.2, 0) is 0 Å². The molecule has 0 aliphatic rings. The first-order chi connectivity index (χ1) is 8.58. The number of imidazole rings is 1. The van der Waals surface area contributed by atoms with Crippen LogP contribution >= 0.6 is 11.6 Å². The van der Waals surface area contributed by atoms with Crippen LogP contribution in [0.2, 0.25) is 5.15 Å². The number of halogens is 1. The maximum atomic E-state index is 11.8. The molecule has 0 aromatic carbocycles. The normalized spacial score (nSPS) is 10.1. The van der Waals surface area contributed by atoms with E-state index < -0.39 is 16.5 Å². The first kappa shape index (κ1) is 12.0. The van der Waals surface area contributed by atoms with E-state index in [2.05, 4.69) is 20.3 Å². The van der Waals surface area contributed by atoms with Gasteiger partial charge in [-0.05, 0) is 6.07 Å². The number of nitrogens with one attached hydrogen (secondary N) is 2. The van der Waals surface area contributed by atoms with Crippen molar-refractivity contribution in [2.75, 3.05) is 5.32 Å². The van der Waals surface area contributed by atoms with Gasteiger partial charge in [0.2, 0.25) is 5.95 Å². The topological polar surface area (TPSA) is 114 Å². The van der Waals surface area contributed by atoms with E-state index in [1.807, 2.05) is 0 Å². The number of aromatic amines is 1. The first-order valence-corrected chi connectivity index (χ1v) is 5.06. The summed E-state index contributed by atoms with van der Waals surface area (Å²) in [5.41, 5.74) is -0.611. The number of nitro groups is 1. The highest BCUT2D eigenvalue weighted by Gasteiger charge is 2.21. The standard InChI is InChI=1S/C9H6ClN5O3/c10-7-3-5(6(4-13-7)15(17)18)8(16)14-9-11-1-2-12-9/h1-4H,(H2,11,12,14,16). The molecule has 92 valence electrons. The molecule has 0 radical (unpaired) electrons. The lowest BCUT2D eigenvalue weighted by molar-refractivity contribution is -0.385. The predicted octanol–water partition coefficient (Wildman–Crippen LogP) is 1.62. The number of H-pyrrole nitrogens is 1. The van der Waals surface area contributed by atoms with Gasteiger partial charge in [0.25, 0.3) is 11.6 Å². The van der Waals surface area contributed by atoms with Crippen molar-refractivity contribution in [1.82, 2.24) is 15.0 Å². The molecule has 8 nitrogen and oxygen atoms in total. The third kappa shape index (κ3) is 2.43. The Morgan fingerprint density at radius 3 is 2.89 bits per heavy atom. The summed E-state index contributed by atoms with van der Waals surface area (Å²) in [5, 5.41) is 13.1. The molecule has 9 heteroatoms. The molecule has 2 rings (SSSR count). The number of hydrogen-bond acceptors (Lipinski definition) is 5. The zero-order chi connectivity index (χ0) is 13.1. The van der Waals surface area contributed by atoms with Crippen molar-refractivity contribution < 1.29 is 9.72 Å². The largest absolute Gasteiger partial charge is 0.331 e. The van der Waals surface area contributed by atoms with E-state index in [9.17, 15) is 14.9 Å². The molecule has 2 aromatic rings. The number of anilines is 1. The molecule has 0 saturated carbocycles. The van der Waals surface area contributed by atoms with Gasteiger partial charge in [-0.25, -0.2) is 9.97 Å². The maximum absolute atomic E-state index is 11.8. The van der Waals surface area contributed by atoms with E-state index in [1.165, 1.54) is 12.4 Å². The van der Waals surface area contributed by atoms with Crippen molar-refractivity contribution in [2.24, 2.45) is 0 Å². The molecular weight excluding hydrogens is 262 g/mol. The lowest BCUT2D eigenvalue weighted by Gasteiger charge is -2.03. The fourth-order valence-corrected chi connectivity index (χ4v) is 1.42. The Labute approximate surface area is 105 Å². The molecule has 0 aliphatic heterocycles. The van der Waals surface area contributed by atoms with E-state index in [0.29, 0.717) is 0 Å². The smallest absolute Gasteiger partial charge is 0.300 e. The minimum absolute atomic E-state index is 0.00908. The summed E-state index contributed by atoms with van der Waals surface area (Å²) in [6, 6.07) is 1.12. The number of aromatic nitrogens is 3. The Morgan fingerprint density at radius 2 is 2.28 bits per heavy atom. The van der Waals surface area contributed by atoms with Gasteiger partial charge in [0, 0.05) is 12.4 Å². The molecule has 0 aliphatic carbocycles. The zero-order valence-electron chi connectivity index (χ0n) is 8.75. The molecule has 0 atom stereocenters. The highest BCUT2D eigenvalue weighted by atomic mass is 35.5. The Kier molecular flexibility index (Phi) is 3.20. The van der Waals surface area contributed by atoms with Gasteiger partial charge in [-0.2, -0.15) is 0 Å². The fourth-order valence-electron chi connectivity index (χ4n) is 1.26. The van der Waals surface area contributed by atoms with Gasteiger partial charge in [0.1, 0.15) is 16.9 Å². The van der Waals surface area contributed by atoms with E-state index in [-0.39, 0.29) is 16.7 Å². The van der Waals surface area contributed by atoms with Crippen LogP contribution < -0.4 is 5.32 Å². The average Bonchev–Trinajstić information content (AvgIpc) is 2.81. The van der Waals surface area contributed by atoms with Crippen LogP contribution in [0.1, 0.15) is 10.4 Å². The van der Waals surface area contributed by atoms with Gasteiger partial charge >= 0.3 is 0 Å². The van der Waals surface area contributed by atoms with Gasteiger partial charge in [0.15, 0.2) is 0 Å². The highest BCUT2D eigenvalue weighted by Crippen LogP contribution is 2.21. The molecule has 0 unspecified atom stereocenters. The second-order valence-electron chi connectivity index (χ2n) is 3.17. The van der Waals surface area contributed by atoms with Crippen LogP contribution in [0, 0.1) is 10.1 Å². The summed E-state index contributed by atoms with van der Waals surface area (Å²) in [5.74, 6) is -0.511. The summed E-state index contributed by atoms with van der Waals surface area (Å²) in [7, 11) is 0. The zero-order valence-corrected chi connectivity index (χ0v) is 9.51. The number of pyridine rings is 1. The summed E-state index contributed by atoms with van der Waals surface area (Å²) in [6.45, 7) is 0. The Hall–Kier alpha value is -2.48. The van der Waals surface area contributed by atoms with E-state index in [1.54, 1.807) is 0 Å². The second-order valence-corrected chi connectivity index (χ2v) is 3.56. The van der Waals surface area contributed by atoms with Gasteiger partial charge < -0.3 is 4.98 Å². The maximum Gasteiger partial charge on any atom is 0.300 e. The number of amides is 1. The fraction of sp³-hybridized carbons (Fsp3) is 0. The number of carbonyl (C=O) groups excluding carboxylic acids is 1. The minimum atomic E-state index is -0.708. The van der Waals surface area contributed by atoms with Crippen molar-refractivity contribution in [3.8, 4) is 0 Å². The Bertz CT molecular complexity index is 598. The molecular formula is C9H6ClN5O3. The van der Waals surface area contributed by atoms with Crippen molar-refractivity contribution >= 4 is 29.1 Å². The van der Waals surface area contributed by atoms with E-state index in [4.69, 9.17) is 11.6 Å². The monoisotopic (exact) mass is 267 g/mol. The molecule has 2 N–H and O–H groups in total. The average molecular weight is 268 g/mol. The lowest BCUT2D eigenvalue weighted by atomic mass is 10.2. The Balaban J connectivity index is 2.34. The highest BCUT2D eigenvalue weighted by molar-refractivity contribution is 6.30. The second kappa shape index (κ2) is 4.80. The first-order valence-electron chi connectivity index (χ1n) is 4.68. The molecule has 0 spiro atoms. The van der Waals surface area contributed by atoms with Gasteiger partial charge in [0.05, 0.1) is 4.92 Å². The van der Waals surface area contributed by atoms with Crippen LogP contribution in [0.4, 0.5) is 11.6 Å². The predicted molar refractivity (Wildman–Crippen MR) is 62.4 cm³/mol. The lowest BCUT2D eigenvalue weighted by Crippen LogP contribution is -2.15. The van der Waals surface area contributed by atoms with Crippen molar-refractivity contribution in [1.29, 1.82) is 0 Å². The van der Waals surface area contributed by atoms with Crippen LogP contribution in [0.25, 0.3) is 0 Å². The van der Waals surface area contributed by atoms with Crippen molar-refractivity contribution in [3.05, 3.63) is 45.5 Å². The third-order valence-corrected chi connectivity index (χ3v) is 2.23. The Morgan fingerprint density at radius 1 is 1.50 bits per heavy atom. The minimum Gasteiger partial charge on any atom is -0.331 e. The van der Waals surface area contributed by atoms with Gasteiger partial charge in [-0.15, -0.1) is 0 Å². The molecule has 1 amide bonds. The van der Waals surface area contributed by atoms with Crippen molar-refractivity contribution in [3.63, 3.8) is 0 Å². The van der Waals surface area contributed by atoms with E-state index >= 15 is 0 Å². The molecule has 2 aromatic heterocycles. The van der Waals surface area contributed by atoms with Crippen LogP contribution in [-0.4, -0.2) is 25.8 Å². The number of hydrogen-bond donors (Lipinski definition) is 2. The van der Waals surface area contributed by atoms with Crippen molar-refractivity contribution in [2.45, 2.75) is 0 Å². The molecule has 2 heterocycles. The van der Waals surface area contributed by atoms with Crippen LogP contribution in [0.3, 0.4) is 0 Å². The van der Waals surface area contributed by atoms with Gasteiger partial charge in [-0.1, -0.05) is 11.6 Å². The third-order valence-electron chi connectivity index (χ3n) is 2.02. The van der Waals surface area contributed by atoms with E-state index in [0.717, 1.165) is 12.3 Å². The number of carbonyl (C=O) groups is 1. The summed E-state index contributed by atoms with van der Waals surface area (Å²) in [4.78, 5) is 31.9.